The molecule has 52 heavy (non-hydrogen) atoms. The molecule has 3 amide bonds. The molecule has 1 aromatic carbocycles. The summed E-state index contributed by atoms with van der Waals surface area (Å²) < 4.78 is 46.0. The standard InChI is InChI=1S/C37H45N5O8S2/c1-20(2)28-19-51-34(39-28)27-16-31(26-12-13-30(48-5)21(3)32(26)38-27)50-24-15-29-33(43)40-37(36(45)41-52(46,47)25-10-11-25)17-23(37)9-7-6-8-14-49-22(4)35(44)42(29)18-24/h7,9,12-13,16,19-20,22-25,29H,6,8,10-11,14-15,17-18H2,1-5H3,(H,40,43)(H,41,45). The van der Waals surface area contributed by atoms with Gasteiger partial charge in [-0.1, -0.05) is 26.0 Å². The number of allylic oxidation sites excluding steroid dienone is 1. The number of aryl methyl sites for hydroxylation is 1. The molecule has 13 nitrogen and oxygen atoms in total. The molecule has 2 aromatic heterocycles. The zero-order valence-corrected chi connectivity index (χ0v) is 31.6. The number of rotatable bonds is 8. The summed E-state index contributed by atoms with van der Waals surface area (Å²) in [5.41, 5.74) is 1.66. The number of nitrogens with zero attached hydrogens (tertiary/aromatic N) is 3. The zero-order chi connectivity index (χ0) is 36.9. The van der Waals surface area contributed by atoms with E-state index >= 15 is 0 Å². The van der Waals surface area contributed by atoms with Crippen molar-refractivity contribution < 1.29 is 37.0 Å². The minimum atomic E-state index is -3.85. The van der Waals surface area contributed by atoms with Crippen LogP contribution in [0.5, 0.6) is 11.5 Å². The monoisotopic (exact) mass is 751 g/mol. The van der Waals surface area contributed by atoms with Crippen LogP contribution in [0.3, 0.4) is 0 Å². The maximum absolute atomic E-state index is 14.2. The summed E-state index contributed by atoms with van der Waals surface area (Å²) in [5, 5.41) is 5.80. The number of thiazole rings is 1. The number of nitrogens with one attached hydrogen (secondary N) is 2. The molecule has 1 saturated heterocycles. The molecule has 4 aliphatic rings. The van der Waals surface area contributed by atoms with Crippen molar-refractivity contribution in [1.29, 1.82) is 0 Å². The number of methoxy groups -OCH3 is 1. The quantitative estimate of drug-likeness (QED) is 0.316. The van der Waals surface area contributed by atoms with Crippen LogP contribution < -0.4 is 19.5 Å². The Balaban J connectivity index is 1.21. The van der Waals surface area contributed by atoms with E-state index in [2.05, 4.69) is 23.9 Å². The number of pyridine rings is 1. The molecule has 2 N–H and O–H groups in total. The molecule has 0 bridgehead atoms. The van der Waals surface area contributed by atoms with E-state index in [-0.39, 0.29) is 31.2 Å². The Hall–Kier alpha value is -4.08. The van der Waals surface area contributed by atoms with Gasteiger partial charge in [0.2, 0.25) is 15.9 Å². The van der Waals surface area contributed by atoms with Crippen LogP contribution in [0, 0.1) is 12.8 Å². The van der Waals surface area contributed by atoms with Gasteiger partial charge >= 0.3 is 0 Å². The minimum absolute atomic E-state index is 0.0895. The minimum Gasteiger partial charge on any atom is -0.496 e. The van der Waals surface area contributed by atoms with Crippen molar-refractivity contribution >= 4 is 50.0 Å². The van der Waals surface area contributed by atoms with E-state index < -0.39 is 56.8 Å². The van der Waals surface area contributed by atoms with Crippen LogP contribution in [0.25, 0.3) is 21.6 Å². The SMILES string of the molecule is COc1ccc2c(OC3CC4C(=O)NC5(C(=O)NS(=O)(=O)C6CC6)CC5C=CCCCOC(C)C(=O)N4C3)cc(-c3nc(C(C)C)cs3)nc2c1C. The summed E-state index contributed by atoms with van der Waals surface area (Å²) in [5.74, 6) is -0.626. The molecule has 3 fully saturated rings. The predicted octanol–water partition coefficient (Wildman–Crippen LogP) is 4.39. The van der Waals surface area contributed by atoms with E-state index in [1.54, 1.807) is 14.0 Å². The maximum Gasteiger partial charge on any atom is 0.259 e. The normalized spacial score (nSPS) is 26.8. The second-order valence-electron chi connectivity index (χ2n) is 14.5. The third-order valence-electron chi connectivity index (χ3n) is 10.4. The van der Waals surface area contributed by atoms with Gasteiger partial charge in [-0.05, 0) is 64.0 Å². The predicted molar refractivity (Wildman–Crippen MR) is 196 cm³/mol. The average molecular weight is 752 g/mol. The average Bonchev–Trinajstić information content (AvgIpc) is 3.98. The van der Waals surface area contributed by atoms with Gasteiger partial charge in [-0.2, -0.15) is 0 Å². The highest BCUT2D eigenvalue weighted by Gasteiger charge is 2.62. The van der Waals surface area contributed by atoms with Gasteiger partial charge < -0.3 is 24.4 Å². The smallest absolute Gasteiger partial charge is 0.259 e. The van der Waals surface area contributed by atoms with Gasteiger partial charge in [0.05, 0.1) is 30.1 Å². The van der Waals surface area contributed by atoms with E-state index in [0.29, 0.717) is 55.0 Å². The molecule has 15 heteroatoms. The summed E-state index contributed by atoms with van der Waals surface area (Å²) in [6, 6.07) is 4.59. The number of carbonyl (C=O) groups is 3. The summed E-state index contributed by atoms with van der Waals surface area (Å²) in [6.07, 6.45) is 5.00. The van der Waals surface area contributed by atoms with Gasteiger partial charge in [0, 0.05) is 41.3 Å². The first-order chi connectivity index (χ1) is 24.8. The number of hydrogen-bond acceptors (Lipinski definition) is 11. The fraction of sp³-hybridized carbons (Fsp3) is 0.541. The van der Waals surface area contributed by atoms with Crippen LogP contribution in [0.2, 0.25) is 0 Å². The van der Waals surface area contributed by atoms with Crippen molar-refractivity contribution in [3.63, 3.8) is 0 Å². The molecule has 0 spiro atoms. The van der Waals surface area contributed by atoms with Crippen LogP contribution in [0.4, 0.5) is 0 Å². The molecule has 2 aliphatic carbocycles. The molecule has 4 heterocycles. The zero-order valence-electron chi connectivity index (χ0n) is 30.0. The Labute approximate surface area is 307 Å². The van der Waals surface area contributed by atoms with E-state index in [1.165, 1.54) is 16.2 Å². The van der Waals surface area contributed by atoms with Gasteiger partial charge in [0.1, 0.15) is 46.0 Å². The van der Waals surface area contributed by atoms with Crippen molar-refractivity contribution in [2.45, 2.75) is 101 Å². The Morgan fingerprint density at radius 3 is 2.69 bits per heavy atom. The number of ether oxygens (including phenoxy) is 3. The van der Waals surface area contributed by atoms with Crippen molar-refractivity contribution in [1.82, 2.24) is 24.9 Å². The van der Waals surface area contributed by atoms with Crippen molar-refractivity contribution in [3.8, 4) is 22.2 Å². The molecule has 5 atom stereocenters. The molecular weight excluding hydrogens is 707 g/mol. The Kier molecular flexibility index (Phi) is 9.80. The third-order valence-corrected chi connectivity index (χ3v) is 13.1. The molecule has 278 valence electrons. The van der Waals surface area contributed by atoms with Crippen LogP contribution >= 0.6 is 11.3 Å². The number of fused-ring (bicyclic) bond motifs is 3. The van der Waals surface area contributed by atoms with Crippen molar-refractivity contribution in [2.75, 3.05) is 20.3 Å². The summed E-state index contributed by atoms with van der Waals surface area (Å²) in [4.78, 5) is 53.0. The number of benzene rings is 1. The van der Waals surface area contributed by atoms with Crippen molar-refractivity contribution in [2.24, 2.45) is 5.92 Å². The Morgan fingerprint density at radius 2 is 1.98 bits per heavy atom. The number of hydrogen-bond donors (Lipinski definition) is 2. The molecule has 5 unspecified atom stereocenters. The molecule has 7 rings (SSSR count). The highest BCUT2D eigenvalue weighted by atomic mass is 32.2. The number of aromatic nitrogens is 2. The van der Waals surface area contributed by atoms with Crippen LogP contribution in [0.15, 0.2) is 35.7 Å². The van der Waals surface area contributed by atoms with Crippen molar-refractivity contribution in [3.05, 3.63) is 47.0 Å². The lowest BCUT2D eigenvalue weighted by molar-refractivity contribution is -0.147. The van der Waals surface area contributed by atoms with E-state index in [0.717, 1.165) is 21.7 Å². The third kappa shape index (κ3) is 7.02. The lowest BCUT2D eigenvalue weighted by atomic mass is 10.1. The molecule has 2 saturated carbocycles. The summed E-state index contributed by atoms with van der Waals surface area (Å²) in [6.45, 7) is 8.19. The maximum atomic E-state index is 14.2. The highest BCUT2D eigenvalue weighted by Crippen LogP contribution is 2.46. The molecular formula is C37H45N5O8S2. The van der Waals surface area contributed by atoms with Gasteiger partial charge in [0.25, 0.3) is 11.8 Å². The fourth-order valence-corrected chi connectivity index (χ4v) is 9.33. The molecule has 0 radical (unpaired) electrons. The lowest BCUT2D eigenvalue weighted by Gasteiger charge is -2.28. The van der Waals surface area contributed by atoms with E-state index in [1.807, 2.05) is 42.7 Å². The second kappa shape index (κ2) is 14.0. The topological polar surface area (TPSA) is 166 Å². The van der Waals surface area contributed by atoms with Crippen LogP contribution in [0.1, 0.15) is 76.5 Å². The summed E-state index contributed by atoms with van der Waals surface area (Å²) in [7, 11) is -2.24. The number of sulfonamides is 1. The fourth-order valence-electron chi connectivity index (χ4n) is 7.02. The molecule has 3 aromatic rings. The van der Waals surface area contributed by atoms with Gasteiger partial charge in [-0.15, -0.1) is 11.3 Å². The van der Waals surface area contributed by atoms with E-state index in [9.17, 15) is 22.8 Å². The van der Waals surface area contributed by atoms with Gasteiger partial charge in [-0.25, -0.2) is 18.4 Å². The van der Waals surface area contributed by atoms with Crippen LogP contribution in [-0.2, 0) is 29.1 Å². The van der Waals surface area contributed by atoms with E-state index in [4.69, 9.17) is 24.2 Å². The number of amides is 3. The first-order valence-electron chi connectivity index (χ1n) is 17.9. The van der Waals surface area contributed by atoms with Crippen LogP contribution in [-0.4, -0.2) is 90.3 Å². The lowest BCUT2D eigenvalue weighted by Crippen LogP contribution is -2.57. The second-order valence-corrected chi connectivity index (χ2v) is 17.4. The summed E-state index contributed by atoms with van der Waals surface area (Å²) >= 11 is 1.50. The van der Waals surface area contributed by atoms with Gasteiger partial charge in [-0.3, -0.25) is 19.1 Å². The highest BCUT2D eigenvalue weighted by molar-refractivity contribution is 7.91. The first kappa shape index (κ1) is 36.3. The largest absolute Gasteiger partial charge is 0.496 e. The Morgan fingerprint density at radius 1 is 1.19 bits per heavy atom. The Bertz CT molecular complexity index is 2040. The number of carbonyl (C=O) groups excluding carboxylic acids is 3. The van der Waals surface area contributed by atoms with Gasteiger partial charge in [0.15, 0.2) is 0 Å². The molecule has 2 aliphatic heterocycles. The first-order valence-corrected chi connectivity index (χ1v) is 20.3.